The van der Waals surface area contributed by atoms with Gasteiger partial charge in [0.05, 0.1) is 12.0 Å². The summed E-state index contributed by atoms with van der Waals surface area (Å²) in [6.07, 6.45) is 7.47. The SMILES string of the molecule is CC[C@@H](N)c1cncn1CC1(C)CC1. The molecule has 2 N–H and O–H groups in total. The Labute approximate surface area is 85.3 Å². The minimum absolute atomic E-state index is 0.139. The van der Waals surface area contributed by atoms with E-state index in [4.69, 9.17) is 5.73 Å². The molecule has 1 aliphatic carbocycles. The van der Waals surface area contributed by atoms with Gasteiger partial charge in [0.2, 0.25) is 0 Å². The van der Waals surface area contributed by atoms with Gasteiger partial charge in [-0.1, -0.05) is 13.8 Å². The molecule has 0 unspecified atom stereocenters. The molecule has 0 aromatic carbocycles. The molecule has 0 spiro atoms. The first-order valence-corrected chi connectivity index (χ1v) is 5.40. The molecule has 1 atom stereocenters. The van der Waals surface area contributed by atoms with Crippen molar-refractivity contribution in [2.45, 2.75) is 45.7 Å². The Balaban J connectivity index is 2.12. The number of hydrogen-bond acceptors (Lipinski definition) is 2. The molecular formula is C11H19N3. The van der Waals surface area contributed by atoms with Crippen LogP contribution in [0.5, 0.6) is 0 Å². The standard InChI is InChI=1S/C11H19N3/c1-3-9(12)10-6-13-8-14(10)7-11(2)4-5-11/h6,8-9H,3-5,7,12H2,1-2H3/t9-/m1/s1. The molecule has 0 aliphatic heterocycles. The summed E-state index contributed by atoms with van der Waals surface area (Å²) < 4.78 is 2.22. The van der Waals surface area contributed by atoms with Crippen molar-refractivity contribution in [2.75, 3.05) is 0 Å². The second-order valence-corrected chi connectivity index (χ2v) is 4.77. The third-order valence-electron chi connectivity index (χ3n) is 3.22. The lowest BCUT2D eigenvalue weighted by molar-refractivity contribution is 0.443. The van der Waals surface area contributed by atoms with Crippen LogP contribution in [0.4, 0.5) is 0 Å². The minimum atomic E-state index is 0.139. The first-order valence-electron chi connectivity index (χ1n) is 5.40. The van der Waals surface area contributed by atoms with Crippen LogP contribution in [0.25, 0.3) is 0 Å². The average Bonchev–Trinajstić information content (AvgIpc) is 2.72. The second-order valence-electron chi connectivity index (χ2n) is 4.77. The van der Waals surface area contributed by atoms with Gasteiger partial charge in [0.15, 0.2) is 0 Å². The van der Waals surface area contributed by atoms with E-state index in [0.29, 0.717) is 5.41 Å². The molecule has 78 valence electrons. The van der Waals surface area contributed by atoms with Gasteiger partial charge in [-0.15, -0.1) is 0 Å². The quantitative estimate of drug-likeness (QED) is 0.795. The molecular weight excluding hydrogens is 174 g/mol. The van der Waals surface area contributed by atoms with Crippen LogP contribution in [0.1, 0.15) is 44.8 Å². The Hall–Kier alpha value is -0.830. The van der Waals surface area contributed by atoms with E-state index in [1.807, 2.05) is 12.5 Å². The smallest absolute Gasteiger partial charge is 0.0948 e. The molecule has 0 bridgehead atoms. The summed E-state index contributed by atoms with van der Waals surface area (Å²) in [4.78, 5) is 4.19. The molecule has 2 rings (SSSR count). The molecule has 0 radical (unpaired) electrons. The van der Waals surface area contributed by atoms with E-state index in [2.05, 4.69) is 23.4 Å². The maximum atomic E-state index is 6.02. The fraction of sp³-hybridized carbons (Fsp3) is 0.727. The maximum absolute atomic E-state index is 6.02. The number of nitrogens with two attached hydrogens (primary N) is 1. The Morgan fingerprint density at radius 1 is 1.64 bits per heavy atom. The molecule has 1 aliphatic rings. The van der Waals surface area contributed by atoms with E-state index in [9.17, 15) is 0 Å². The summed E-state index contributed by atoms with van der Waals surface area (Å²) >= 11 is 0. The lowest BCUT2D eigenvalue weighted by Gasteiger charge is -2.16. The maximum Gasteiger partial charge on any atom is 0.0948 e. The summed E-state index contributed by atoms with van der Waals surface area (Å²) in [5, 5.41) is 0. The van der Waals surface area contributed by atoms with E-state index in [1.165, 1.54) is 18.5 Å². The van der Waals surface area contributed by atoms with E-state index < -0.39 is 0 Å². The first-order chi connectivity index (χ1) is 6.64. The number of nitrogens with zero attached hydrogens (tertiary/aromatic N) is 2. The van der Waals surface area contributed by atoms with Gasteiger partial charge in [0.1, 0.15) is 0 Å². The van der Waals surface area contributed by atoms with Gasteiger partial charge in [-0.2, -0.15) is 0 Å². The second kappa shape index (κ2) is 3.39. The fourth-order valence-electron chi connectivity index (χ4n) is 1.76. The van der Waals surface area contributed by atoms with Crippen LogP contribution < -0.4 is 5.73 Å². The minimum Gasteiger partial charge on any atom is -0.333 e. The first kappa shape index (κ1) is 9.71. The van der Waals surface area contributed by atoms with Crippen LogP contribution in [-0.4, -0.2) is 9.55 Å². The van der Waals surface area contributed by atoms with Crippen LogP contribution in [0.15, 0.2) is 12.5 Å². The number of imidazole rings is 1. The van der Waals surface area contributed by atoms with Crippen molar-refractivity contribution in [3.63, 3.8) is 0 Å². The van der Waals surface area contributed by atoms with Gasteiger partial charge in [-0.3, -0.25) is 0 Å². The Bertz CT molecular complexity index is 312. The fourth-order valence-corrected chi connectivity index (χ4v) is 1.76. The van der Waals surface area contributed by atoms with Crippen LogP contribution in [0.2, 0.25) is 0 Å². The van der Waals surface area contributed by atoms with Gasteiger partial charge < -0.3 is 10.3 Å². The predicted octanol–water partition coefficient (Wildman–Crippen LogP) is 2.09. The summed E-state index contributed by atoms with van der Waals surface area (Å²) in [5.41, 5.74) is 7.72. The highest BCUT2D eigenvalue weighted by atomic mass is 15.1. The van der Waals surface area contributed by atoms with Crippen molar-refractivity contribution in [3.8, 4) is 0 Å². The molecule has 14 heavy (non-hydrogen) atoms. The molecule has 1 fully saturated rings. The lowest BCUT2D eigenvalue weighted by Crippen LogP contribution is -2.17. The molecule has 1 aromatic heterocycles. The Kier molecular flexibility index (Phi) is 2.35. The highest BCUT2D eigenvalue weighted by molar-refractivity contribution is 5.06. The van der Waals surface area contributed by atoms with Crippen molar-refractivity contribution in [3.05, 3.63) is 18.2 Å². The van der Waals surface area contributed by atoms with Crippen LogP contribution >= 0.6 is 0 Å². The van der Waals surface area contributed by atoms with Crippen molar-refractivity contribution in [1.29, 1.82) is 0 Å². The van der Waals surface area contributed by atoms with E-state index in [0.717, 1.165) is 13.0 Å². The van der Waals surface area contributed by atoms with Gasteiger partial charge in [0, 0.05) is 18.8 Å². The largest absolute Gasteiger partial charge is 0.333 e. The lowest BCUT2D eigenvalue weighted by atomic mass is 10.1. The Morgan fingerprint density at radius 3 is 2.93 bits per heavy atom. The van der Waals surface area contributed by atoms with Crippen LogP contribution in [0, 0.1) is 5.41 Å². The number of rotatable bonds is 4. The van der Waals surface area contributed by atoms with E-state index in [-0.39, 0.29) is 6.04 Å². The average molecular weight is 193 g/mol. The summed E-state index contributed by atoms with van der Waals surface area (Å²) in [6.45, 7) is 5.52. The van der Waals surface area contributed by atoms with Gasteiger partial charge in [-0.25, -0.2) is 4.98 Å². The van der Waals surface area contributed by atoms with Crippen molar-refractivity contribution in [1.82, 2.24) is 9.55 Å². The van der Waals surface area contributed by atoms with E-state index in [1.54, 1.807) is 0 Å². The molecule has 1 saturated carbocycles. The highest BCUT2D eigenvalue weighted by Crippen LogP contribution is 2.46. The van der Waals surface area contributed by atoms with Crippen molar-refractivity contribution >= 4 is 0 Å². The molecule has 3 nitrogen and oxygen atoms in total. The predicted molar refractivity (Wildman–Crippen MR) is 56.8 cm³/mol. The number of hydrogen-bond donors (Lipinski definition) is 1. The van der Waals surface area contributed by atoms with Gasteiger partial charge in [-0.05, 0) is 24.7 Å². The number of aromatic nitrogens is 2. The summed E-state index contributed by atoms with van der Waals surface area (Å²) in [7, 11) is 0. The molecule has 0 saturated heterocycles. The zero-order valence-corrected chi connectivity index (χ0v) is 9.03. The topological polar surface area (TPSA) is 43.8 Å². The highest BCUT2D eigenvalue weighted by Gasteiger charge is 2.37. The molecule has 1 aromatic rings. The molecule has 1 heterocycles. The van der Waals surface area contributed by atoms with Crippen LogP contribution in [-0.2, 0) is 6.54 Å². The van der Waals surface area contributed by atoms with Gasteiger partial charge in [0.25, 0.3) is 0 Å². The monoisotopic (exact) mass is 193 g/mol. The molecule has 0 amide bonds. The normalized spacial score (nSPS) is 20.8. The summed E-state index contributed by atoms with van der Waals surface area (Å²) in [6, 6.07) is 0.139. The van der Waals surface area contributed by atoms with Crippen molar-refractivity contribution in [2.24, 2.45) is 11.1 Å². The van der Waals surface area contributed by atoms with Crippen LogP contribution in [0.3, 0.4) is 0 Å². The molecule has 3 heteroatoms. The summed E-state index contributed by atoms with van der Waals surface area (Å²) in [5.74, 6) is 0. The zero-order valence-electron chi connectivity index (χ0n) is 9.03. The third-order valence-corrected chi connectivity index (χ3v) is 3.22. The van der Waals surface area contributed by atoms with E-state index >= 15 is 0 Å². The van der Waals surface area contributed by atoms with Crippen molar-refractivity contribution < 1.29 is 0 Å². The third kappa shape index (κ3) is 1.82. The zero-order chi connectivity index (χ0) is 10.2. The Morgan fingerprint density at radius 2 is 2.36 bits per heavy atom. The van der Waals surface area contributed by atoms with Gasteiger partial charge >= 0.3 is 0 Å².